The van der Waals surface area contributed by atoms with Crippen molar-refractivity contribution in [3.05, 3.63) is 18.6 Å². The lowest BCUT2D eigenvalue weighted by Crippen LogP contribution is -2.40. The molecule has 0 spiro atoms. The van der Waals surface area contributed by atoms with Crippen molar-refractivity contribution in [2.24, 2.45) is 17.6 Å². The Morgan fingerprint density at radius 1 is 1.28 bits per heavy atom. The van der Waals surface area contributed by atoms with Crippen molar-refractivity contribution in [1.29, 1.82) is 0 Å². The Morgan fingerprint density at radius 2 is 1.94 bits per heavy atom. The number of rotatable bonds is 2. The number of piperidine rings is 1. The van der Waals surface area contributed by atoms with Crippen LogP contribution >= 0.6 is 25.1 Å². The average Bonchev–Trinajstić information content (AvgIpc) is 3.28. The molecular formula is C21H35FN6O2S2. The van der Waals surface area contributed by atoms with E-state index in [2.05, 4.69) is 50.6 Å². The van der Waals surface area contributed by atoms with Crippen molar-refractivity contribution in [1.82, 2.24) is 18.2 Å². The summed E-state index contributed by atoms with van der Waals surface area (Å²) in [7, 11) is 0. The standard InChI is InChI=1S/C13H16FN5S2.C5H11NO2.C3H8/c14-21-19-4-2-11-12(15-8-16-13(11)19)17-3-1-9-6-18(20)7-10(9)5-17;1-5(2,3)8-4(6)7;1-3-2/h2,4,8-10,20H,1,3,5-7H2;1-3H3,(H2,6,7);3H2,1-2H3/t9-,10+;;/m1../s1. The summed E-state index contributed by atoms with van der Waals surface area (Å²) in [5.74, 6) is 2.30. The summed E-state index contributed by atoms with van der Waals surface area (Å²) < 4.78 is 21.0. The maximum Gasteiger partial charge on any atom is 0.405 e. The van der Waals surface area contributed by atoms with Crippen LogP contribution in [0.4, 0.5) is 14.5 Å². The van der Waals surface area contributed by atoms with Gasteiger partial charge in [-0.1, -0.05) is 33.1 Å². The topological polar surface area (TPSA) is 89.5 Å². The van der Waals surface area contributed by atoms with Gasteiger partial charge in [0.05, 0.1) is 5.39 Å². The van der Waals surface area contributed by atoms with Crippen molar-refractivity contribution in [2.45, 2.75) is 53.1 Å². The molecule has 2 aromatic heterocycles. The van der Waals surface area contributed by atoms with Crippen molar-refractivity contribution in [3.63, 3.8) is 0 Å². The first kappa shape index (κ1) is 26.5. The highest BCUT2D eigenvalue weighted by molar-refractivity contribution is 7.92. The maximum atomic E-state index is 12.9. The summed E-state index contributed by atoms with van der Waals surface area (Å²) in [5.41, 5.74) is 4.90. The molecule has 2 saturated heterocycles. The van der Waals surface area contributed by atoms with Crippen molar-refractivity contribution >= 4 is 48.1 Å². The van der Waals surface area contributed by atoms with Crippen LogP contribution in [-0.4, -0.2) is 56.1 Å². The molecular weight excluding hydrogens is 451 g/mol. The van der Waals surface area contributed by atoms with E-state index in [0.29, 0.717) is 11.6 Å². The van der Waals surface area contributed by atoms with Gasteiger partial charge in [0.15, 0.2) is 18.0 Å². The lowest BCUT2D eigenvalue weighted by molar-refractivity contribution is 0.0600. The van der Waals surface area contributed by atoms with E-state index in [0.717, 1.165) is 49.7 Å². The Balaban J connectivity index is 0.000000280. The minimum absolute atomic E-state index is 0.167. The molecule has 2 atom stereocenters. The molecule has 0 radical (unpaired) electrons. The van der Waals surface area contributed by atoms with Crippen LogP contribution in [0.25, 0.3) is 11.0 Å². The van der Waals surface area contributed by atoms with Crippen LogP contribution in [0.3, 0.4) is 0 Å². The number of nitrogens with two attached hydrogens (primary N) is 1. The number of carbonyl (C=O) groups is 1. The average molecular weight is 487 g/mol. The Bertz CT molecular complexity index is 876. The molecule has 0 aromatic carbocycles. The second-order valence-electron chi connectivity index (χ2n) is 9.01. The predicted octanol–water partition coefficient (Wildman–Crippen LogP) is 4.71. The van der Waals surface area contributed by atoms with Gasteiger partial charge >= 0.3 is 6.09 Å². The molecule has 0 aliphatic carbocycles. The van der Waals surface area contributed by atoms with Gasteiger partial charge < -0.3 is 15.4 Å². The first-order valence-corrected chi connectivity index (χ1v) is 11.9. The summed E-state index contributed by atoms with van der Waals surface area (Å²) >= 11 is 4.65. The maximum absolute atomic E-state index is 12.9. The van der Waals surface area contributed by atoms with Gasteiger partial charge in [-0.2, -0.15) is 0 Å². The Kier molecular flexibility index (Phi) is 9.90. The lowest BCUT2D eigenvalue weighted by Gasteiger charge is -2.35. The first-order chi connectivity index (χ1) is 15.1. The fourth-order valence-corrected chi connectivity index (χ4v) is 4.60. The Morgan fingerprint density at radius 3 is 2.50 bits per heavy atom. The molecule has 1 amide bonds. The molecule has 32 heavy (non-hydrogen) atoms. The van der Waals surface area contributed by atoms with Gasteiger partial charge in [-0.15, -0.1) is 3.89 Å². The molecule has 0 unspecified atom stereocenters. The molecule has 2 aliphatic heterocycles. The van der Waals surface area contributed by atoms with Gasteiger partial charge in [-0.25, -0.2) is 18.7 Å². The first-order valence-electron chi connectivity index (χ1n) is 10.9. The molecule has 4 heterocycles. The normalized spacial score (nSPS) is 20.7. The highest BCUT2D eigenvalue weighted by Gasteiger charge is 2.36. The van der Waals surface area contributed by atoms with Crippen LogP contribution in [-0.2, 0) is 4.74 Å². The van der Waals surface area contributed by atoms with Crippen molar-refractivity contribution in [2.75, 3.05) is 31.1 Å². The zero-order valence-electron chi connectivity index (χ0n) is 19.5. The van der Waals surface area contributed by atoms with Gasteiger partial charge in [0.1, 0.15) is 17.7 Å². The zero-order chi connectivity index (χ0) is 23.9. The molecule has 180 valence electrons. The van der Waals surface area contributed by atoms with E-state index in [1.807, 2.05) is 6.07 Å². The monoisotopic (exact) mass is 486 g/mol. The number of primary amides is 1. The van der Waals surface area contributed by atoms with Crippen LogP contribution in [0.1, 0.15) is 47.5 Å². The smallest absolute Gasteiger partial charge is 0.405 e. The minimum atomic E-state index is -0.725. The van der Waals surface area contributed by atoms with E-state index in [1.54, 1.807) is 27.0 Å². The van der Waals surface area contributed by atoms with Crippen LogP contribution in [0.15, 0.2) is 18.6 Å². The number of hydrogen-bond acceptors (Lipinski definition) is 8. The second kappa shape index (κ2) is 11.9. The van der Waals surface area contributed by atoms with E-state index < -0.39 is 11.7 Å². The number of aromatic nitrogens is 3. The fraction of sp³-hybridized carbons (Fsp3) is 0.667. The molecule has 2 N–H and O–H groups in total. The zero-order valence-corrected chi connectivity index (χ0v) is 21.2. The number of carbonyl (C=O) groups excluding carboxylic acids is 1. The molecule has 8 nitrogen and oxygen atoms in total. The summed E-state index contributed by atoms with van der Waals surface area (Å²) in [6.45, 7) is 13.6. The van der Waals surface area contributed by atoms with E-state index in [9.17, 15) is 8.68 Å². The number of ether oxygens (including phenoxy) is 1. The lowest BCUT2D eigenvalue weighted by atomic mass is 9.88. The number of hydrogen-bond donors (Lipinski definition) is 2. The van der Waals surface area contributed by atoms with Crippen LogP contribution in [0.2, 0.25) is 0 Å². The summed E-state index contributed by atoms with van der Waals surface area (Å²) in [6, 6.07) is 1.89. The number of thiol groups is 1. The quantitative estimate of drug-likeness (QED) is 0.594. The van der Waals surface area contributed by atoms with Crippen LogP contribution in [0.5, 0.6) is 0 Å². The number of anilines is 1. The SMILES string of the molecule is CC(C)(C)OC(N)=O.CCC.FSn1ccc2c(N3CC[C@@H]4CN(S)C[C@@H]4C3)ncnc21. The van der Waals surface area contributed by atoms with Gasteiger partial charge in [-0.3, -0.25) is 4.31 Å². The summed E-state index contributed by atoms with van der Waals surface area (Å²) in [6.07, 6.45) is 4.91. The number of halogens is 1. The molecule has 0 saturated carbocycles. The largest absolute Gasteiger partial charge is 0.444 e. The van der Waals surface area contributed by atoms with Gasteiger partial charge in [-0.05, 0) is 45.1 Å². The molecule has 2 fully saturated rings. The van der Waals surface area contributed by atoms with Gasteiger partial charge in [0.2, 0.25) is 0 Å². The van der Waals surface area contributed by atoms with E-state index in [1.165, 1.54) is 16.7 Å². The molecule has 11 heteroatoms. The third-order valence-electron chi connectivity index (χ3n) is 4.99. The van der Waals surface area contributed by atoms with E-state index in [-0.39, 0.29) is 12.3 Å². The second-order valence-corrected chi connectivity index (χ2v) is 10.1. The van der Waals surface area contributed by atoms with Crippen LogP contribution < -0.4 is 10.6 Å². The molecule has 2 aliphatic rings. The number of amides is 1. The van der Waals surface area contributed by atoms with Gasteiger partial charge in [0.25, 0.3) is 0 Å². The van der Waals surface area contributed by atoms with E-state index in [4.69, 9.17) is 5.73 Å². The predicted molar refractivity (Wildman–Crippen MR) is 132 cm³/mol. The van der Waals surface area contributed by atoms with Crippen molar-refractivity contribution in [3.8, 4) is 0 Å². The Labute approximate surface area is 200 Å². The van der Waals surface area contributed by atoms with Crippen LogP contribution in [0, 0.1) is 11.8 Å². The molecule has 2 aromatic rings. The minimum Gasteiger partial charge on any atom is -0.444 e. The van der Waals surface area contributed by atoms with Crippen molar-refractivity contribution < 1.29 is 13.4 Å². The summed E-state index contributed by atoms with van der Waals surface area (Å²) in [5, 5.41) is 0.918. The Hall–Kier alpha value is -1.72. The third-order valence-corrected chi connectivity index (χ3v) is 5.76. The number of fused-ring (bicyclic) bond motifs is 2. The van der Waals surface area contributed by atoms with E-state index >= 15 is 0 Å². The van der Waals surface area contributed by atoms with Gasteiger partial charge in [0, 0.05) is 32.4 Å². The molecule has 4 rings (SSSR count). The summed E-state index contributed by atoms with van der Waals surface area (Å²) in [4.78, 5) is 21.0. The molecule has 0 bridgehead atoms. The number of nitrogens with zero attached hydrogens (tertiary/aromatic N) is 5. The third kappa shape index (κ3) is 7.41. The fourth-order valence-electron chi connectivity index (χ4n) is 3.86. The highest BCUT2D eigenvalue weighted by atomic mass is 32.2. The highest BCUT2D eigenvalue weighted by Crippen LogP contribution is 2.35.